The third-order valence-electron chi connectivity index (χ3n) is 4.38. The van der Waals surface area contributed by atoms with Crippen LogP contribution in [0.25, 0.3) is 0 Å². The van der Waals surface area contributed by atoms with Crippen molar-refractivity contribution in [3.05, 3.63) is 29.8 Å². The highest BCUT2D eigenvalue weighted by atomic mass is 16.5. The van der Waals surface area contributed by atoms with E-state index in [1.54, 1.807) is 7.11 Å². The Morgan fingerprint density at radius 1 is 1.38 bits per heavy atom. The van der Waals surface area contributed by atoms with Crippen LogP contribution in [0.2, 0.25) is 0 Å². The Morgan fingerprint density at radius 2 is 2.10 bits per heavy atom. The Kier molecular flexibility index (Phi) is 5.62. The summed E-state index contributed by atoms with van der Waals surface area (Å²) in [6.45, 7) is 2.80. The van der Waals surface area contributed by atoms with E-state index in [4.69, 9.17) is 4.74 Å². The molecule has 1 aliphatic rings. The van der Waals surface area contributed by atoms with Gasteiger partial charge in [0.25, 0.3) is 0 Å². The van der Waals surface area contributed by atoms with Gasteiger partial charge < -0.3 is 15.2 Å². The molecule has 1 aromatic rings. The summed E-state index contributed by atoms with van der Waals surface area (Å²) in [5.41, 5.74) is 1.24. The van der Waals surface area contributed by atoms with Gasteiger partial charge in [-0.05, 0) is 49.3 Å². The predicted octanol–water partition coefficient (Wildman–Crippen LogP) is 2.47. The van der Waals surface area contributed by atoms with E-state index in [0.29, 0.717) is 12.5 Å². The number of methoxy groups -OCH3 is 1. The average molecular weight is 291 g/mol. The molecule has 1 saturated carbocycles. The van der Waals surface area contributed by atoms with Crippen LogP contribution in [0.4, 0.5) is 0 Å². The zero-order valence-electron chi connectivity index (χ0n) is 12.8. The molecule has 1 fully saturated rings. The molecule has 3 unspecified atom stereocenters. The van der Waals surface area contributed by atoms with Crippen LogP contribution in [0, 0.1) is 5.92 Å². The maximum atomic E-state index is 12.0. The van der Waals surface area contributed by atoms with Gasteiger partial charge in [0.2, 0.25) is 5.91 Å². The summed E-state index contributed by atoms with van der Waals surface area (Å²) < 4.78 is 5.15. The van der Waals surface area contributed by atoms with Crippen LogP contribution in [0.1, 0.15) is 44.1 Å². The van der Waals surface area contributed by atoms with Crippen LogP contribution in [0.5, 0.6) is 5.75 Å². The highest BCUT2D eigenvalue weighted by Crippen LogP contribution is 2.26. The van der Waals surface area contributed by atoms with E-state index in [2.05, 4.69) is 24.4 Å². The molecule has 1 aliphatic carbocycles. The number of rotatable bonds is 6. The maximum absolute atomic E-state index is 12.0. The first-order valence-corrected chi connectivity index (χ1v) is 7.71. The predicted molar refractivity (Wildman–Crippen MR) is 82.4 cm³/mol. The molecule has 1 aromatic carbocycles. The fraction of sp³-hybridized carbons (Fsp3) is 0.588. The van der Waals surface area contributed by atoms with E-state index in [1.807, 2.05) is 12.1 Å². The zero-order valence-corrected chi connectivity index (χ0v) is 12.8. The summed E-state index contributed by atoms with van der Waals surface area (Å²) in [7, 11) is 1.66. The number of hydrogen-bond donors (Lipinski definition) is 2. The number of benzene rings is 1. The molecule has 0 bridgehead atoms. The maximum Gasteiger partial charge on any atom is 0.225 e. The number of amides is 1. The first-order valence-electron chi connectivity index (χ1n) is 7.71. The molecular formula is C17H25NO3. The van der Waals surface area contributed by atoms with Gasteiger partial charge in [-0.3, -0.25) is 4.79 Å². The monoisotopic (exact) mass is 291 g/mol. The third-order valence-corrected chi connectivity index (χ3v) is 4.38. The quantitative estimate of drug-likeness (QED) is 0.846. The van der Waals surface area contributed by atoms with Crippen LogP contribution in [0.3, 0.4) is 0 Å². The van der Waals surface area contributed by atoms with Gasteiger partial charge in [-0.1, -0.05) is 19.1 Å². The number of carbonyl (C=O) groups is 1. The summed E-state index contributed by atoms with van der Waals surface area (Å²) in [4.78, 5) is 12.0. The minimum Gasteiger partial charge on any atom is -0.497 e. The Balaban J connectivity index is 1.75. The molecule has 0 aliphatic heterocycles. The molecule has 0 aromatic heterocycles. The van der Waals surface area contributed by atoms with Gasteiger partial charge in [0, 0.05) is 6.54 Å². The van der Waals surface area contributed by atoms with E-state index in [1.165, 1.54) is 5.56 Å². The number of hydrogen-bond acceptors (Lipinski definition) is 3. The summed E-state index contributed by atoms with van der Waals surface area (Å²) >= 11 is 0. The second kappa shape index (κ2) is 7.46. The van der Waals surface area contributed by atoms with Crippen molar-refractivity contribution < 1.29 is 14.6 Å². The van der Waals surface area contributed by atoms with Crippen LogP contribution in [-0.4, -0.2) is 30.8 Å². The van der Waals surface area contributed by atoms with E-state index < -0.39 is 6.10 Å². The van der Waals surface area contributed by atoms with Gasteiger partial charge >= 0.3 is 0 Å². The minimum atomic E-state index is -0.455. The van der Waals surface area contributed by atoms with Crippen LogP contribution in [-0.2, 0) is 4.79 Å². The number of aliphatic hydroxyl groups is 1. The number of nitrogens with one attached hydrogen (secondary N) is 1. The molecule has 0 radical (unpaired) electrons. The Bertz CT molecular complexity index is 458. The van der Waals surface area contributed by atoms with Gasteiger partial charge in [-0.25, -0.2) is 0 Å². The Labute approximate surface area is 126 Å². The molecule has 4 heteroatoms. The topological polar surface area (TPSA) is 58.6 Å². The smallest absolute Gasteiger partial charge is 0.225 e. The lowest BCUT2D eigenvalue weighted by Gasteiger charge is -2.16. The normalized spacial score (nSPS) is 22.8. The van der Waals surface area contributed by atoms with E-state index in [-0.39, 0.29) is 11.8 Å². The van der Waals surface area contributed by atoms with Crippen molar-refractivity contribution in [3.8, 4) is 5.75 Å². The summed E-state index contributed by atoms with van der Waals surface area (Å²) in [6, 6.07) is 8.04. The summed E-state index contributed by atoms with van der Waals surface area (Å²) in [6.07, 6.45) is 2.94. The van der Waals surface area contributed by atoms with Crippen LogP contribution in [0.15, 0.2) is 24.3 Å². The molecule has 21 heavy (non-hydrogen) atoms. The van der Waals surface area contributed by atoms with Crippen molar-refractivity contribution in [1.29, 1.82) is 0 Å². The molecule has 3 atom stereocenters. The van der Waals surface area contributed by atoms with Crippen molar-refractivity contribution in [1.82, 2.24) is 5.32 Å². The van der Waals surface area contributed by atoms with Crippen molar-refractivity contribution in [2.75, 3.05) is 13.7 Å². The van der Waals surface area contributed by atoms with Crippen molar-refractivity contribution >= 4 is 5.91 Å². The fourth-order valence-electron chi connectivity index (χ4n) is 2.89. The molecule has 4 nitrogen and oxygen atoms in total. The van der Waals surface area contributed by atoms with Gasteiger partial charge in [-0.15, -0.1) is 0 Å². The zero-order chi connectivity index (χ0) is 15.2. The molecule has 116 valence electrons. The standard InChI is InChI=1S/C17H25NO3/c1-12(13-6-8-14(21-2)9-7-13)10-11-18-17(20)15-4-3-5-16(15)19/h6-9,12,15-16,19H,3-5,10-11H2,1-2H3,(H,18,20). The van der Waals surface area contributed by atoms with Gasteiger partial charge in [0.1, 0.15) is 5.75 Å². The molecular weight excluding hydrogens is 266 g/mol. The Morgan fingerprint density at radius 3 is 2.67 bits per heavy atom. The number of ether oxygens (including phenoxy) is 1. The lowest BCUT2D eigenvalue weighted by Crippen LogP contribution is -2.35. The minimum absolute atomic E-state index is 0.00179. The van der Waals surface area contributed by atoms with E-state index in [9.17, 15) is 9.90 Å². The molecule has 1 amide bonds. The first-order chi connectivity index (χ1) is 10.1. The number of carbonyl (C=O) groups excluding carboxylic acids is 1. The van der Waals surface area contributed by atoms with Crippen molar-refractivity contribution in [2.45, 2.75) is 44.6 Å². The Hall–Kier alpha value is -1.55. The SMILES string of the molecule is COc1ccc(C(C)CCNC(=O)C2CCCC2O)cc1. The second-order valence-electron chi connectivity index (χ2n) is 5.86. The lowest BCUT2D eigenvalue weighted by molar-refractivity contribution is -0.127. The molecule has 0 saturated heterocycles. The first kappa shape index (κ1) is 15.8. The number of aliphatic hydroxyl groups excluding tert-OH is 1. The highest BCUT2D eigenvalue weighted by Gasteiger charge is 2.31. The molecule has 0 heterocycles. The van der Waals surface area contributed by atoms with Crippen molar-refractivity contribution in [3.63, 3.8) is 0 Å². The second-order valence-corrected chi connectivity index (χ2v) is 5.86. The van der Waals surface area contributed by atoms with Crippen molar-refractivity contribution in [2.24, 2.45) is 5.92 Å². The van der Waals surface area contributed by atoms with E-state index in [0.717, 1.165) is 31.4 Å². The lowest BCUT2D eigenvalue weighted by atomic mass is 9.97. The van der Waals surface area contributed by atoms with Crippen LogP contribution >= 0.6 is 0 Å². The van der Waals surface area contributed by atoms with Gasteiger partial charge in [-0.2, -0.15) is 0 Å². The third kappa shape index (κ3) is 4.21. The highest BCUT2D eigenvalue weighted by molar-refractivity contribution is 5.79. The van der Waals surface area contributed by atoms with Gasteiger partial charge in [0.15, 0.2) is 0 Å². The fourth-order valence-corrected chi connectivity index (χ4v) is 2.89. The largest absolute Gasteiger partial charge is 0.497 e. The summed E-state index contributed by atoms with van der Waals surface area (Å²) in [5, 5.41) is 12.7. The van der Waals surface area contributed by atoms with Crippen LogP contribution < -0.4 is 10.1 Å². The van der Waals surface area contributed by atoms with Gasteiger partial charge in [0.05, 0.1) is 19.1 Å². The molecule has 0 spiro atoms. The molecule has 2 N–H and O–H groups in total. The van der Waals surface area contributed by atoms with E-state index >= 15 is 0 Å². The molecule has 2 rings (SSSR count). The average Bonchev–Trinajstić information content (AvgIpc) is 2.93. The summed E-state index contributed by atoms with van der Waals surface area (Å²) in [5.74, 6) is 1.03.